The quantitative estimate of drug-likeness (QED) is 0.637. The molecule has 0 saturated carbocycles. The first-order valence-corrected chi connectivity index (χ1v) is 5.82. The molecule has 0 aliphatic heterocycles. The van der Waals surface area contributed by atoms with Gasteiger partial charge >= 0.3 is 5.97 Å². The summed E-state index contributed by atoms with van der Waals surface area (Å²) in [5, 5.41) is 2.19. The average Bonchev–Trinajstić information content (AvgIpc) is 2.49. The number of thiazole rings is 1. The number of nitrogens with zero attached hydrogens (tertiary/aromatic N) is 1. The molecule has 0 aromatic carbocycles. The zero-order chi connectivity index (χ0) is 12.3. The van der Waals surface area contributed by atoms with E-state index in [9.17, 15) is 4.79 Å². The number of nitrogen functional groups attached to an aromatic ring is 1. The monoisotopic (exact) mass is 240 g/mol. The molecule has 2 N–H and O–H groups in total. The summed E-state index contributed by atoms with van der Waals surface area (Å²) >= 11 is 1.30. The highest BCUT2D eigenvalue weighted by Gasteiger charge is 2.21. The second-order valence-corrected chi connectivity index (χ2v) is 5.16. The number of allylic oxidation sites excluding steroid dienone is 1. The van der Waals surface area contributed by atoms with Crippen molar-refractivity contribution in [1.29, 1.82) is 0 Å². The fraction of sp³-hybridized carbons (Fsp3) is 0.455. The third-order valence-electron chi connectivity index (χ3n) is 1.71. The lowest BCUT2D eigenvalue weighted by atomic mass is 10.1. The number of hydrogen-bond donors (Lipinski definition) is 1. The third kappa shape index (κ3) is 3.34. The Morgan fingerprint density at radius 1 is 1.56 bits per heavy atom. The molecule has 16 heavy (non-hydrogen) atoms. The largest absolute Gasteiger partial charge is 0.456 e. The highest BCUT2D eigenvalue weighted by atomic mass is 32.1. The van der Waals surface area contributed by atoms with Crippen LogP contribution in [0.1, 0.15) is 33.4 Å². The van der Waals surface area contributed by atoms with Gasteiger partial charge < -0.3 is 10.5 Å². The van der Waals surface area contributed by atoms with E-state index in [1.807, 2.05) is 20.8 Å². The first kappa shape index (κ1) is 12.7. The van der Waals surface area contributed by atoms with Crippen LogP contribution in [0.2, 0.25) is 0 Å². The van der Waals surface area contributed by atoms with Gasteiger partial charge in [-0.25, -0.2) is 9.78 Å². The maximum atomic E-state index is 11.8. The lowest BCUT2D eigenvalue weighted by molar-refractivity contribution is -0.147. The Balaban J connectivity index is 2.89. The van der Waals surface area contributed by atoms with E-state index in [1.54, 1.807) is 18.4 Å². The first-order chi connectivity index (χ1) is 7.33. The predicted molar refractivity (Wildman–Crippen MR) is 66.0 cm³/mol. The predicted octanol–water partition coefficient (Wildman–Crippen LogP) is 2.47. The number of anilines is 1. The third-order valence-corrected chi connectivity index (χ3v) is 2.38. The van der Waals surface area contributed by atoms with Gasteiger partial charge in [0.1, 0.15) is 5.60 Å². The minimum atomic E-state index is -0.507. The van der Waals surface area contributed by atoms with Crippen LogP contribution in [-0.4, -0.2) is 16.6 Å². The second kappa shape index (κ2) is 4.65. The van der Waals surface area contributed by atoms with Crippen LogP contribution in [0.15, 0.2) is 11.5 Å². The molecule has 88 valence electrons. The van der Waals surface area contributed by atoms with E-state index in [4.69, 9.17) is 10.5 Å². The molecule has 1 heterocycles. The summed E-state index contributed by atoms with van der Waals surface area (Å²) in [6.45, 7) is 7.25. The van der Waals surface area contributed by atoms with Crippen LogP contribution < -0.4 is 5.73 Å². The highest BCUT2D eigenvalue weighted by Crippen LogP contribution is 2.22. The topological polar surface area (TPSA) is 65.2 Å². The standard InChI is InChI=1S/C11H16N2O2S/c1-5-7(8-6-16-10(12)13-8)9(14)15-11(2,3)4/h5-6H,1-4H3,(H2,12,13)/b7-5+. The number of aromatic nitrogens is 1. The molecule has 0 unspecified atom stereocenters. The van der Waals surface area contributed by atoms with Crippen molar-refractivity contribution in [1.82, 2.24) is 4.98 Å². The number of carbonyl (C=O) groups is 1. The van der Waals surface area contributed by atoms with E-state index >= 15 is 0 Å². The van der Waals surface area contributed by atoms with Crippen LogP contribution in [0, 0.1) is 0 Å². The zero-order valence-electron chi connectivity index (χ0n) is 9.90. The Morgan fingerprint density at radius 2 is 2.19 bits per heavy atom. The van der Waals surface area contributed by atoms with Gasteiger partial charge in [0.25, 0.3) is 0 Å². The first-order valence-electron chi connectivity index (χ1n) is 4.94. The van der Waals surface area contributed by atoms with Crippen molar-refractivity contribution in [2.75, 3.05) is 5.73 Å². The van der Waals surface area contributed by atoms with Gasteiger partial charge in [-0.05, 0) is 27.7 Å². The van der Waals surface area contributed by atoms with Crippen molar-refractivity contribution in [2.24, 2.45) is 0 Å². The van der Waals surface area contributed by atoms with Gasteiger partial charge in [0.2, 0.25) is 0 Å². The molecule has 1 rings (SSSR count). The number of hydrogen-bond acceptors (Lipinski definition) is 5. The Bertz CT molecular complexity index is 416. The van der Waals surface area contributed by atoms with Crippen molar-refractivity contribution in [2.45, 2.75) is 33.3 Å². The van der Waals surface area contributed by atoms with E-state index < -0.39 is 5.60 Å². The Hall–Kier alpha value is -1.36. The molecule has 5 heteroatoms. The number of esters is 1. The summed E-state index contributed by atoms with van der Waals surface area (Å²) in [4.78, 5) is 15.9. The van der Waals surface area contributed by atoms with Crippen LogP contribution in [0.5, 0.6) is 0 Å². The maximum absolute atomic E-state index is 11.8. The van der Waals surface area contributed by atoms with Gasteiger partial charge in [-0.2, -0.15) is 0 Å². The number of nitrogens with two attached hydrogens (primary N) is 1. The van der Waals surface area contributed by atoms with Crippen molar-refractivity contribution < 1.29 is 9.53 Å². The van der Waals surface area contributed by atoms with Gasteiger partial charge in [-0.3, -0.25) is 0 Å². The van der Waals surface area contributed by atoms with Crippen molar-refractivity contribution in [3.05, 3.63) is 17.2 Å². The van der Waals surface area contributed by atoms with Gasteiger partial charge in [-0.1, -0.05) is 6.08 Å². The fourth-order valence-electron chi connectivity index (χ4n) is 1.11. The molecule has 1 aromatic heterocycles. The lowest BCUT2D eigenvalue weighted by Gasteiger charge is -2.20. The number of ether oxygens (including phenoxy) is 1. The molecule has 0 aliphatic carbocycles. The smallest absolute Gasteiger partial charge is 0.340 e. The number of rotatable bonds is 2. The molecular weight excluding hydrogens is 224 g/mol. The van der Waals surface area contributed by atoms with Crippen molar-refractivity contribution >= 4 is 28.0 Å². The van der Waals surface area contributed by atoms with E-state index in [-0.39, 0.29) is 5.97 Å². The maximum Gasteiger partial charge on any atom is 0.340 e. The van der Waals surface area contributed by atoms with Gasteiger partial charge in [0.15, 0.2) is 5.13 Å². The Labute approximate surface area is 99.1 Å². The van der Waals surface area contributed by atoms with Gasteiger partial charge in [0, 0.05) is 5.38 Å². The van der Waals surface area contributed by atoms with Gasteiger partial charge in [0.05, 0.1) is 11.3 Å². The second-order valence-electron chi connectivity index (χ2n) is 4.28. The minimum Gasteiger partial charge on any atom is -0.456 e. The molecule has 0 fully saturated rings. The molecular formula is C11H16N2O2S. The Kier molecular flexibility index (Phi) is 3.70. The average molecular weight is 240 g/mol. The molecule has 0 saturated heterocycles. The Morgan fingerprint density at radius 3 is 2.56 bits per heavy atom. The van der Waals surface area contributed by atoms with Crippen LogP contribution >= 0.6 is 11.3 Å². The van der Waals surface area contributed by atoms with E-state index in [1.165, 1.54) is 11.3 Å². The van der Waals surface area contributed by atoms with Crippen molar-refractivity contribution in [3.63, 3.8) is 0 Å². The van der Waals surface area contributed by atoms with Crippen LogP contribution in [-0.2, 0) is 9.53 Å². The molecule has 4 nitrogen and oxygen atoms in total. The van der Waals surface area contributed by atoms with Crippen LogP contribution in [0.4, 0.5) is 5.13 Å². The molecule has 0 bridgehead atoms. The highest BCUT2D eigenvalue weighted by molar-refractivity contribution is 7.13. The lowest BCUT2D eigenvalue weighted by Crippen LogP contribution is -2.24. The van der Waals surface area contributed by atoms with E-state index in [2.05, 4.69) is 4.98 Å². The summed E-state index contributed by atoms with van der Waals surface area (Å²) in [6, 6.07) is 0. The normalized spacial score (nSPS) is 12.6. The van der Waals surface area contributed by atoms with Gasteiger partial charge in [-0.15, -0.1) is 11.3 Å². The van der Waals surface area contributed by atoms with Crippen LogP contribution in [0.3, 0.4) is 0 Å². The van der Waals surface area contributed by atoms with Crippen LogP contribution in [0.25, 0.3) is 5.57 Å². The fourth-order valence-corrected chi connectivity index (χ4v) is 1.68. The van der Waals surface area contributed by atoms with E-state index in [0.29, 0.717) is 16.4 Å². The summed E-state index contributed by atoms with van der Waals surface area (Å²) < 4.78 is 5.27. The van der Waals surface area contributed by atoms with Crippen molar-refractivity contribution in [3.8, 4) is 0 Å². The number of carbonyl (C=O) groups excluding carboxylic acids is 1. The molecule has 1 aromatic rings. The zero-order valence-corrected chi connectivity index (χ0v) is 10.7. The SMILES string of the molecule is C/C=C(/C(=O)OC(C)(C)C)c1csc(N)n1. The molecule has 0 atom stereocenters. The summed E-state index contributed by atoms with van der Waals surface area (Å²) in [5.74, 6) is -0.375. The minimum absolute atomic E-state index is 0.375. The molecule has 0 amide bonds. The summed E-state index contributed by atoms with van der Waals surface area (Å²) in [6.07, 6.45) is 1.68. The summed E-state index contributed by atoms with van der Waals surface area (Å²) in [5.41, 5.74) is 6.04. The summed E-state index contributed by atoms with van der Waals surface area (Å²) in [7, 11) is 0. The van der Waals surface area contributed by atoms with E-state index in [0.717, 1.165) is 0 Å². The molecule has 0 radical (unpaired) electrons. The molecule has 0 spiro atoms. The molecule has 0 aliphatic rings.